The van der Waals surface area contributed by atoms with Crippen LogP contribution in [0.25, 0.3) is 0 Å². The lowest BCUT2D eigenvalue weighted by Gasteiger charge is -2.31. The van der Waals surface area contributed by atoms with Crippen molar-refractivity contribution in [3.63, 3.8) is 0 Å². The molecule has 10 heteroatoms. The first kappa shape index (κ1) is 32.1. The van der Waals surface area contributed by atoms with E-state index < -0.39 is 6.04 Å². The van der Waals surface area contributed by atoms with Crippen molar-refractivity contribution in [2.24, 2.45) is 7.05 Å². The second kappa shape index (κ2) is 15.6. The van der Waals surface area contributed by atoms with Crippen LogP contribution in [0.15, 0.2) is 60.8 Å². The Morgan fingerprint density at radius 3 is 2.40 bits per heavy atom. The van der Waals surface area contributed by atoms with Crippen LogP contribution >= 0.6 is 11.6 Å². The lowest BCUT2D eigenvalue weighted by atomic mass is 10.0. The van der Waals surface area contributed by atoms with Crippen molar-refractivity contribution in [1.29, 1.82) is 0 Å². The number of hydrogen-bond acceptors (Lipinski definition) is 5. The van der Waals surface area contributed by atoms with E-state index in [1.54, 1.807) is 48.1 Å². The number of ether oxygens (including phenoxy) is 1. The summed E-state index contributed by atoms with van der Waals surface area (Å²) in [6, 6.07) is 15.9. The fraction of sp³-hybridized carbons (Fsp3) is 0.455. The lowest BCUT2D eigenvalue weighted by molar-refractivity contribution is -0.135. The maximum Gasteiger partial charge on any atom is 0.258 e. The predicted octanol–water partition coefficient (Wildman–Crippen LogP) is 4.63. The van der Waals surface area contributed by atoms with Gasteiger partial charge in [0.15, 0.2) is 0 Å². The van der Waals surface area contributed by atoms with Crippen LogP contribution in [0.3, 0.4) is 0 Å². The molecule has 0 unspecified atom stereocenters. The van der Waals surface area contributed by atoms with Crippen LogP contribution in [-0.2, 0) is 29.5 Å². The Balaban J connectivity index is 1.54. The summed E-state index contributed by atoms with van der Waals surface area (Å²) in [5, 5.41) is 4.62. The fourth-order valence-electron chi connectivity index (χ4n) is 5.36. The Morgan fingerprint density at radius 2 is 1.67 bits per heavy atom. The van der Waals surface area contributed by atoms with Gasteiger partial charge in [0.25, 0.3) is 5.91 Å². The Hall–Kier alpha value is -3.85. The molecule has 2 aromatic carbocycles. The molecule has 0 aliphatic carbocycles. The number of carbonyl (C=O) groups excluding carboxylic acids is 3. The number of carbonyl (C=O) groups is 3. The first-order valence-electron chi connectivity index (χ1n) is 15.0. The first-order chi connectivity index (χ1) is 20.7. The van der Waals surface area contributed by atoms with Gasteiger partial charge in [-0.25, -0.2) is 0 Å². The van der Waals surface area contributed by atoms with Gasteiger partial charge in [-0.15, -0.1) is 0 Å². The van der Waals surface area contributed by atoms with Crippen LogP contribution < -0.4 is 4.74 Å². The third kappa shape index (κ3) is 8.83. The van der Waals surface area contributed by atoms with E-state index in [-0.39, 0.29) is 17.7 Å². The zero-order valence-corrected chi connectivity index (χ0v) is 26.1. The summed E-state index contributed by atoms with van der Waals surface area (Å²) in [6.07, 6.45) is 6.17. The highest BCUT2D eigenvalue weighted by atomic mass is 35.5. The van der Waals surface area contributed by atoms with E-state index in [0.29, 0.717) is 61.8 Å². The molecule has 43 heavy (non-hydrogen) atoms. The SMILES string of the molecule is CN1CCCCN(C(=O)CCc2ccnn2C)CCCCOc2ccc(Cl)cc2C(=O)N(C)[C@@H](Cc2ccccc2)C1=O. The largest absolute Gasteiger partial charge is 0.493 e. The minimum atomic E-state index is -0.715. The highest BCUT2D eigenvalue weighted by Crippen LogP contribution is 2.26. The van der Waals surface area contributed by atoms with Gasteiger partial charge in [-0.2, -0.15) is 5.10 Å². The molecule has 0 bridgehead atoms. The van der Waals surface area contributed by atoms with Crippen LogP contribution in [0.1, 0.15) is 53.7 Å². The van der Waals surface area contributed by atoms with Crippen LogP contribution in [0, 0.1) is 0 Å². The standard InChI is InChI=1S/C33H42ClN5O4/c1-36-19-7-8-20-39(31(40)16-14-27-17-18-35-38(27)3)21-9-10-22-43-30-15-13-26(34)24-28(30)32(41)37(2)29(33(36)42)23-25-11-5-4-6-12-25/h4-6,11-13,15,17-18,24,29H,7-10,14,16,19-23H2,1-3H3/t29-/m0/s1. The molecule has 0 spiro atoms. The van der Waals surface area contributed by atoms with Crippen molar-refractivity contribution in [1.82, 2.24) is 24.5 Å². The van der Waals surface area contributed by atoms with Crippen molar-refractivity contribution >= 4 is 29.3 Å². The van der Waals surface area contributed by atoms with E-state index in [0.717, 1.165) is 36.9 Å². The van der Waals surface area contributed by atoms with Gasteiger partial charge >= 0.3 is 0 Å². The molecule has 4 rings (SSSR count). The number of benzene rings is 2. The molecular formula is C33H42ClN5O4. The van der Waals surface area contributed by atoms with E-state index in [9.17, 15) is 14.4 Å². The molecule has 0 saturated carbocycles. The Kier molecular flexibility index (Phi) is 11.6. The van der Waals surface area contributed by atoms with Gasteiger partial charge < -0.3 is 19.4 Å². The molecule has 2 heterocycles. The molecule has 3 amide bonds. The average Bonchev–Trinajstić information content (AvgIpc) is 3.43. The molecule has 0 saturated heterocycles. The zero-order chi connectivity index (χ0) is 30.8. The Bertz CT molecular complexity index is 1380. The maximum absolute atomic E-state index is 13.8. The third-order valence-electron chi connectivity index (χ3n) is 8.01. The van der Waals surface area contributed by atoms with Crippen LogP contribution in [0.2, 0.25) is 5.02 Å². The molecule has 0 radical (unpaired) electrons. The molecule has 3 aromatic rings. The predicted molar refractivity (Wildman–Crippen MR) is 167 cm³/mol. The average molecular weight is 608 g/mol. The number of hydrogen-bond donors (Lipinski definition) is 0. The number of halogens is 1. The fourth-order valence-corrected chi connectivity index (χ4v) is 5.53. The molecule has 1 aliphatic heterocycles. The van der Waals surface area contributed by atoms with Crippen molar-refractivity contribution in [3.05, 3.63) is 82.6 Å². The van der Waals surface area contributed by atoms with E-state index in [1.807, 2.05) is 48.3 Å². The van der Waals surface area contributed by atoms with Gasteiger partial charge in [0, 0.05) is 70.5 Å². The van der Waals surface area contributed by atoms with Crippen molar-refractivity contribution in [3.8, 4) is 5.75 Å². The third-order valence-corrected chi connectivity index (χ3v) is 8.25. The Labute approximate surface area is 259 Å². The molecule has 1 aliphatic rings. The summed E-state index contributed by atoms with van der Waals surface area (Å²) in [6.45, 7) is 2.16. The van der Waals surface area contributed by atoms with Gasteiger partial charge in [-0.3, -0.25) is 19.1 Å². The molecule has 1 atom stereocenters. The molecule has 1 aromatic heterocycles. The number of amides is 3. The molecule has 0 fully saturated rings. The number of nitrogens with zero attached hydrogens (tertiary/aromatic N) is 5. The summed E-state index contributed by atoms with van der Waals surface area (Å²) < 4.78 is 7.88. The van der Waals surface area contributed by atoms with E-state index >= 15 is 0 Å². The van der Waals surface area contributed by atoms with Crippen molar-refractivity contribution in [2.45, 2.75) is 51.0 Å². The van der Waals surface area contributed by atoms with E-state index in [2.05, 4.69) is 5.10 Å². The topological polar surface area (TPSA) is 88.0 Å². The lowest BCUT2D eigenvalue weighted by Crippen LogP contribution is -2.49. The van der Waals surface area contributed by atoms with Gasteiger partial charge in [0.2, 0.25) is 11.8 Å². The number of rotatable bonds is 5. The highest BCUT2D eigenvalue weighted by Gasteiger charge is 2.31. The number of likely N-dealkylation sites (N-methyl/N-ethyl adjacent to an activating group) is 2. The Morgan fingerprint density at radius 1 is 0.953 bits per heavy atom. The van der Waals surface area contributed by atoms with Gasteiger partial charge in [-0.1, -0.05) is 41.9 Å². The van der Waals surface area contributed by atoms with Gasteiger partial charge in [-0.05, 0) is 61.9 Å². The minimum Gasteiger partial charge on any atom is -0.493 e. The molecule has 0 N–H and O–H groups in total. The normalized spacial score (nSPS) is 17.8. The van der Waals surface area contributed by atoms with Crippen molar-refractivity contribution < 1.29 is 19.1 Å². The van der Waals surface area contributed by atoms with E-state index in [4.69, 9.17) is 16.3 Å². The summed E-state index contributed by atoms with van der Waals surface area (Å²) >= 11 is 6.31. The number of aromatic nitrogens is 2. The number of aryl methyl sites for hydroxylation is 2. The molecule has 230 valence electrons. The van der Waals surface area contributed by atoms with Gasteiger partial charge in [0.05, 0.1) is 12.2 Å². The maximum atomic E-state index is 13.8. The molecule has 9 nitrogen and oxygen atoms in total. The van der Waals surface area contributed by atoms with Gasteiger partial charge in [0.1, 0.15) is 11.8 Å². The first-order valence-corrected chi connectivity index (χ1v) is 15.4. The summed E-state index contributed by atoms with van der Waals surface area (Å²) in [5.74, 6) is 0.0702. The molecular weight excluding hydrogens is 566 g/mol. The van der Waals surface area contributed by atoms with E-state index in [1.165, 1.54) is 4.90 Å². The van der Waals surface area contributed by atoms with Crippen LogP contribution in [0.5, 0.6) is 5.75 Å². The second-order valence-corrected chi connectivity index (χ2v) is 11.5. The highest BCUT2D eigenvalue weighted by molar-refractivity contribution is 6.31. The summed E-state index contributed by atoms with van der Waals surface area (Å²) in [4.78, 5) is 46.0. The quantitative estimate of drug-likeness (QED) is 0.422. The summed E-state index contributed by atoms with van der Waals surface area (Å²) in [5.41, 5.74) is 2.30. The zero-order valence-electron chi connectivity index (χ0n) is 25.4. The number of fused-ring (bicyclic) bond motifs is 1. The smallest absolute Gasteiger partial charge is 0.258 e. The van der Waals surface area contributed by atoms with Crippen LogP contribution in [0.4, 0.5) is 0 Å². The minimum absolute atomic E-state index is 0.111. The van der Waals surface area contributed by atoms with Crippen molar-refractivity contribution in [2.75, 3.05) is 40.3 Å². The monoisotopic (exact) mass is 607 g/mol. The summed E-state index contributed by atoms with van der Waals surface area (Å²) in [7, 11) is 5.32. The second-order valence-electron chi connectivity index (χ2n) is 11.1. The van der Waals surface area contributed by atoms with Crippen LogP contribution in [-0.4, -0.2) is 88.6 Å².